The van der Waals surface area contributed by atoms with Crippen LogP contribution in [-0.4, -0.2) is 22.3 Å². The van der Waals surface area contributed by atoms with E-state index in [0.717, 1.165) is 10.4 Å². The molecule has 1 aliphatic heterocycles. The first-order chi connectivity index (χ1) is 12.9. The number of hydrogen-bond donors (Lipinski definition) is 0. The monoisotopic (exact) mass is 383 g/mol. The molecule has 2 heterocycles. The summed E-state index contributed by atoms with van der Waals surface area (Å²) < 4.78 is 15.8. The van der Waals surface area contributed by atoms with E-state index in [9.17, 15) is 18.8 Å². The molecule has 0 atom stereocenters. The van der Waals surface area contributed by atoms with Gasteiger partial charge in [0.05, 0.1) is 15.9 Å². The van der Waals surface area contributed by atoms with E-state index in [1.54, 1.807) is 35.9 Å². The Kier molecular flexibility index (Phi) is 4.19. The molecule has 136 valence electrons. The largest absolute Gasteiger partial charge is 0.319 e. The molecule has 6 nitrogen and oxygen atoms in total. The van der Waals surface area contributed by atoms with Gasteiger partial charge in [0, 0.05) is 25.5 Å². The average Bonchev–Trinajstić information content (AvgIpc) is 3.14. The smallest absolute Gasteiger partial charge is 0.279 e. The van der Waals surface area contributed by atoms with Crippen LogP contribution in [0.4, 0.5) is 10.1 Å². The molecule has 0 unspecified atom stereocenters. The molecule has 0 radical (unpaired) electrons. The highest BCUT2D eigenvalue weighted by molar-refractivity contribution is 7.16. The first-order valence-corrected chi connectivity index (χ1v) is 9.06. The van der Waals surface area contributed by atoms with Gasteiger partial charge in [-0.3, -0.25) is 19.3 Å². The molecular weight excluding hydrogens is 369 g/mol. The number of nitrogens with zero attached hydrogens (tertiary/aromatic N) is 3. The zero-order chi connectivity index (χ0) is 19.1. The number of carbonyl (C=O) groups is 3. The first-order valence-electron chi connectivity index (χ1n) is 8.24. The Bertz CT molecular complexity index is 1160. The van der Waals surface area contributed by atoms with Crippen molar-refractivity contribution in [3.63, 3.8) is 0 Å². The molecule has 8 heteroatoms. The molecule has 0 bridgehead atoms. The summed E-state index contributed by atoms with van der Waals surface area (Å²) in [4.78, 5) is 42.1. The summed E-state index contributed by atoms with van der Waals surface area (Å²) in [6.45, 7) is 0. The number of fused-ring (bicyclic) bond motifs is 1. The van der Waals surface area contributed by atoms with Crippen LogP contribution in [0.3, 0.4) is 0 Å². The van der Waals surface area contributed by atoms with Crippen LogP contribution in [-0.2, 0) is 16.6 Å². The lowest BCUT2D eigenvalue weighted by molar-refractivity contribution is -0.121. The molecule has 27 heavy (non-hydrogen) atoms. The molecule has 3 aromatic rings. The lowest BCUT2D eigenvalue weighted by Crippen LogP contribution is -2.28. The van der Waals surface area contributed by atoms with E-state index in [4.69, 9.17) is 0 Å². The highest BCUT2D eigenvalue weighted by Gasteiger charge is 2.30. The number of rotatable bonds is 2. The number of carbonyl (C=O) groups excluding carboxylic acids is 3. The van der Waals surface area contributed by atoms with E-state index in [0.29, 0.717) is 15.2 Å². The van der Waals surface area contributed by atoms with Crippen molar-refractivity contribution in [1.29, 1.82) is 0 Å². The second-order valence-corrected chi connectivity index (χ2v) is 7.15. The summed E-state index contributed by atoms with van der Waals surface area (Å²) in [6.07, 6.45) is 0.352. The van der Waals surface area contributed by atoms with Crippen LogP contribution < -0.4 is 9.70 Å². The van der Waals surface area contributed by atoms with Gasteiger partial charge in [0.15, 0.2) is 4.80 Å². The zero-order valence-corrected chi connectivity index (χ0v) is 15.1. The van der Waals surface area contributed by atoms with E-state index in [2.05, 4.69) is 4.99 Å². The molecule has 4 rings (SSSR count). The van der Waals surface area contributed by atoms with Crippen molar-refractivity contribution in [3.05, 3.63) is 58.6 Å². The molecule has 2 aromatic carbocycles. The topological polar surface area (TPSA) is 71.7 Å². The predicted octanol–water partition coefficient (Wildman–Crippen LogP) is 2.77. The third-order valence-corrected chi connectivity index (χ3v) is 5.47. The van der Waals surface area contributed by atoms with Crippen LogP contribution in [0.5, 0.6) is 0 Å². The number of halogens is 1. The van der Waals surface area contributed by atoms with Gasteiger partial charge in [-0.05, 0) is 36.4 Å². The Morgan fingerprint density at radius 1 is 1.11 bits per heavy atom. The maximum Gasteiger partial charge on any atom is 0.279 e. The summed E-state index contributed by atoms with van der Waals surface area (Å²) in [5.41, 5.74) is 1.41. The lowest BCUT2D eigenvalue weighted by atomic mass is 10.2. The van der Waals surface area contributed by atoms with Gasteiger partial charge in [0.25, 0.3) is 5.91 Å². The van der Waals surface area contributed by atoms with Crippen LogP contribution in [0.1, 0.15) is 23.2 Å². The second kappa shape index (κ2) is 6.55. The minimum Gasteiger partial charge on any atom is -0.319 e. The molecule has 1 aliphatic rings. The molecule has 0 N–H and O–H groups in total. The number of hydrogen-bond acceptors (Lipinski definition) is 4. The molecule has 1 aromatic heterocycles. The van der Waals surface area contributed by atoms with E-state index >= 15 is 0 Å². The van der Waals surface area contributed by atoms with Crippen molar-refractivity contribution in [3.8, 4) is 0 Å². The summed E-state index contributed by atoms with van der Waals surface area (Å²) in [7, 11) is 1.75. The fourth-order valence-electron chi connectivity index (χ4n) is 3.01. The Balaban J connectivity index is 1.73. The number of aromatic nitrogens is 1. The van der Waals surface area contributed by atoms with Crippen molar-refractivity contribution < 1.29 is 18.8 Å². The number of benzene rings is 2. The molecule has 1 saturated heterocycles. The summed E-state index contributed by atoms with van der Waals surface area (Å²) in [5.74, 6) is -1.41. The van der Waals surface area contributed by atoms with Crippen LogP contribution in [0.2, 0.25) is 0 Å². The van der Waals surface area contributed by atoms with E-state index in [1.807, 2.05) is 0 Å². The van der Waals surface area contributed by atoms with E-state index in [1.165, 1.54) is 29.5 Å². The summed E-state index contributed by atoms with van der Waals surface area (Å²) in [6, 6.07) is 10.7. The van der Waals surface area contributed by atoms with Gasteiger partial charge in [0.1, 0.15) is 5.82 Å². The third-order valence-electron chi connectivity index (χ3n) is 4.37. The average molecular weight is 383 g/mol. The van der Waals surface area contributed by atoms with Crippen molar-refractivity contribution in [2.24, 2.45) is 12.0 Å². The molecule has 1 fully saturated rings. The normalized spacial score (nSPS) is 15.2. The fourth-order valence-corrected chi connectivity index (χ4v) is 4.05. The van der Waals surface area contributed by atoms with Crippen LogP contribution in [0, 0.1) is 5.82 Å². The van der Waals surface area contributed by atoms with Gasteiger partial charge in [-0.25, -0.2) is 4.39 Å². The Hall–Kier alpha value is -3.13. The second-order valence-electron chi connectivity index (χ2n) is 6.15. The summed E-state index contributed by atoms with van der Waals surface area (Å²) in [5, 5.41) is 0. The number of thiazole rings is 1. The van der Waals surface area contributed by atoms with Gasteiger partial charge in [-0.2, -0.15) is 4.99 Å². The van der Waals surface area contributed by atoms with E-state index < -0.39 is 5.91 Å². The number of anilines is 1. The molecule has 0 saturated carbocycles. The van der Waals surface area contributed by atoms with Crippen molar-refractivity contribution in [2.45, 2.75) is 12.8 Å². The third kappa shape index (κ3) is 3.08. The van der Waals surface area contributed by atoms with Crippen LogP contribution >= 0.6 is 11.3 Å². The maximum absolute atomic E-state index is 13.4. The Morgan fingerprint density at radius 3 is 2.59 bits per heavy atom. The molecular formula is C19H14FN3O3S. The number of imide groups is 1. The van der Waals surface area contributed by atoms with E-state index in [-0.39, 0.29) is 36.0 Å². The van der Waals surface area contributed by atoms with Crippen LogP contribution in [0.25, 0.3) is 10.2 Å². The lowest BCUT2D eigenvalue weighted by Gasteiger charge is -2.14. The molecule has 0 aliphatic carbocycles. The first kappa shape index (κ1) is 17.3. The van der Waals surface area contributed by atoms with Crippen molar-refractivity contribution in [1.82, 2.24) is 4.57 Å². The Morgan fingerprint density at radius 2 is 1.85 bits per heavy atom. The van der Waals surface area contributed by atoms with Gasteiger partial charge >= 0.3 is 0 Å². The van der Waals surface area contributed by atoms with Gasteiger partial charge in [0.2, 0.25) is 11.8 Å². The minimum absolute atomic E-state index is 0.176. The Labute approximate surface area is 157 Å². The van der Waals surface area contributed by atoms with Gasteiger partial charge in [-0.15, -0.1) is 0 Å². The highest BCUT2D eigenvalue weighted by atomic mass is 32.1. The highest BCUT2D eigenvalue weighted by Crippen LogP contribution is 2.24. The molecule has 3 amide bonds. The minimum atomic E-state index is -0.501. The predicted molar refractivity (Wildman–Crippen MR) is 98.8 cm³/mol. The quantitative estimate of drug-likeness (QED) is 0.639. The summed E-state index contributed by atoms with van der Waals surface area (Å²) >= 11 is 1.21. The molecule has 0 spiro atoms. The van der Waals surface area contributed by atoms with Crippen molar-refractivity contribution >= 4 is 45.0 Å². The van der Waals surface area contributed by atoms with Gasteiger partial charge < -0.3 is 4.57 Å². The standard InChI is InChI=1S/C19H14FN3O3S/c1-22-14-6-5-12(20)10-15(14)27-19(22)21-18(26)11-3-2-4-13(9-11)23-16(24)7-8-17(23)25/h2-6,9-10H,7-8H2,1H3. The van der Waals surface area contributed by atoms with Crippen LogP contribution in [0.15, 0.2) is 47.5 Å². The van der Waals surface area contributed by atoms with Gasteiger partial charge in [-0.1, -0.05) is 17.4 Å². The van der Waals surface area contributed by atoms with Crippen molar-refractivity contribution in [2.75, 3.05) is 4.90 Å². The zero-order valence-electron chi connectivity index (χ0n) is 14.3. The SMILES string of the molecule is Cn1c(=NC(=O)c2cccc(N3C(=O)CCC3=O)c2)sc2cc(F)ccc21. The maximum atomic E-state index is 13.4. The fraction of sp³-hybridized carbons (Fsp3) is 0.158. The number of amides is 3. The number of aryl methyl sites for hydroxylation is 1.